The zero-order valence-electron chi connectivity index (χ0n) is 19.5. The van der Waals surface area contributed by atoms with E-state index in [2.05, 4.69) is 4.72 Å². The third-order valence-electron chi connectivity index (χ3n) is 4.48. The summed E-state index contributed by atoms with van der Waals surface area (Å²) in [6.07, 6.45) is 4.18. The van der Waals surface area contributed by atoms with Crippen LogP contribution in [0.3, 0.4) is 0 Å². The van der Waals surface area contributed by atoms with Crippen molar-refractivity contribution in [3.63, 3.8) is 0 Å². The Balaban J connectivity index is 1.88. The minimum Gasteiger partial charge on any atom is -0.468 e. The molecule has 1 heterocycles. The molecule has 8 nitrogen and oxygen atoms in total. The second-order valence-electron chi connectivity index (χ2n) is 8.50. The maximum absolute atomic E-state index is 12.4. The number of carbonyl (C=O) groups excluding carboxylic acids is 2. The summed E-state index contributed by atoms with van der Waals surface area (Å²) in [5.74, 6) is 0.266. The van der Waals surface area contributed by atoms with Gasteiger partial charge in [0.05, 0.1) is 17.7 Å². The van der Waals surface area contributed by atoms with Crippen LogP contribution < -0.4 is 4.72 Å². The molecule has 1 aromatic carbocycles. The van der Waals surface area contributed by atoms with Crippen molar-refractivity contribution in [1.82, 2.24) is 9.62 Å². The summed E-state index contributed by atoms with van der Waals surface area (Å²) in [4.78, 5) is 26.2. The standard InChI is InChI=1S/C24H32N2O6S/c1-18(2)15-26(16-19(3)4)23(27)17-32-24(28)12-9-20-7-10-22(11-8-20)33(29,30)25-14-21-6-5-13-31-21/h5-13,18-19,25H,14-17H2,1-4H3/b12-9+. The number of nitrogens with one attached hydrogen (secondary N) is 1. The molecule has 1 aromatic heterocycles. The van der Waals surface area contributed by atoms with Crippen molar-refractivity contribution < 1.29 is 27.2 Å². The number of ether oxygens (including phenoxy) is 1. The molecule has 0 unspecified atom stereocenters. The summed E-state index contributed by atoms with van der Waals surface area (Å²) >= 11 is 0. The van der Waals surface area contributed by atoms with Gasteiger partial charge in [0.1, 0.15) is 5.76 Å². The Bertz CT molecular complexity index is 1020. The third kappa shape index (κ3) is 9.23. The Morgan fingerprint density at radius 2 is 1.70 bits per heavy atom. The van der Waals surface area contributed by atoms with Crippen LogP contribution in [0.1, 0.15) is 39.0 Å². The van der Waals surface area contributed by atoms with Gasteiger partial charge in [0.25, 0.3) is 5.91 Å². The topological polar surface area (TPSA) is 106 Å². The van der Waals surface area contributed by atoms with E-state index in [4.69, 9.17) is 9.15 Å². The Labute approximate surface area is 195 Å². The molecular weight excluding hydrogens is 444 g/mol. The monoisotopic (exact) mass is 476 g/mol. The van der Waals surface area contributed by atoms with Crippen LogP contribution in [0, 0.1) is 11.8 Å². The van der Waals surface area contributed by atoms with E-state index in [1.165, 1.54) is 30.5 Å². The molecular formula is C24H32N2O6S. The molecule has 1 amide bonds. The maximum Gasteiger partial charge on any atom is 0.331 e. The minimum absolute atomic E-state index is 0.0489. The fourth-order valence-corrected chi connectivity index (χ4v) is 4.01. The summed E-state index contributed by atoms with van der Waals surface area (Å²) in [6, 6.07) is 9.38. The highest BCUT2D eigenvalue weighted by molar-refractivity contribution is 7.89. The Kier molecular flexibility index (Phi) is 9.87. The quantitative estimate of drug-likeness (QED) is 0.371. The largest absolute Gasteiger partial charge is 0.468 e. The van der Waals surface area contributed by atoms with Crippen molar-refractivity contribution in [1.29, 1.82) is 0 Å². The Morgan fingerprint density at radius 1 is 1.06 bits per heavy atom. The fourth-order valence-electron chi connectivity index (χ4n) is 3.02. The van der Waals surface area contributed by atoms with Crippen molar-refractivity contribution in [3.05, 3.63) is 60.1 Å². The molecule has 0 spiro atoms. The van der Waals surface area contributed by atoms with E-state index < -0.39 is 16.0 Å². The second kappa shape index (κ2) is 12.4. The number of sulfonamides is 1. The summed E-state index contributed by atoms with van der Waals surface area (Å²) in [5.41, 5.74) is 0.615. The summed E-state index contributed by atoms with van der Waals surface area (Å²) in [7, 11) is -3.70. The van der Waals surface area contributed by atoms with Gasteiger partial charge in [-0.05, 0) is 47.7 Å². The van der Waals surface area contributed by atoms with Gasteiger partial charge >= 0.3 is 5.97 Å². The lowest BCUT2D eigenvalue weighted by Crippen LogP contribution is -2.39. The molecule has 0 fully saturated rings. The second-order valence-corrected chi connectivity index (χ2v) is 10.3. The van der Waals surface area contributed by atoms with Crippen molar-refractivity contribution in [2.24, 2.45) is 11.8 Å². The third-order valence-corrected chi connectivity index (χ3v) is 5.90. The molecule has 0 bridgehead atoms. The number of hydrogen-bond acceptors (Lipinski definition) is 6. The van der Waals surface area contributed by atoms with Gasteiger partial charge in [0.15, 0.2) is 6.61 Å². The molecule has 2 aromatic rings. The van der Waals surface area contributed by atoms with Gasteiger partial charge in [-0.2, -0.15) is 0 Å². The van der Waals surface area contributed by atoms with Gasteiger partial charge in [-0.25, -0.2) is 17.9 Å². The number of rotatable bonds is 12. The Hall–Kier alpha value is -2.91. The lowest BCUT2D eigenvalue weighted by Gasteiger charge is -2.26. The summed E-state index contributed by atoms with van der Waals surface area (Å²) < 4.78 is 37.4. The van der Waals surface area contributed by atoms with Crippen LogP contribution in [0.15, 0.2) is 58.1 Å². The first-order valence-corrected chi connectivity index (χ1v) is 12.3. The highest BCUT2D eigenvalue weighted by atomic mass is 32.2. The van der Waals surface area contributed by atoms with E-state index >= 15 is 0 Å². The van der Waals surface area contributed by atoms with Crippen molar-refractivity contribution in [2.45, 2.75) is 39.1 Å². The predicted molar refractivity (Wildman–Crippen MR) is 125 cm³/mol. The number of nitrogens with zero attached hydrogens (tertiary/aromatic N) is 1. The van der Waals surface area contributed by atoms with Crippen LogP contribution in [0.5, 0.6) is 0 Å². The molecule has 0 aliphatic carbocycles. The Morgan fingerprint density at radius 3 is 2.24 bits per heavy atom. The number of amides is 1. The first kappa shape index (κ1) is 26.3. The van der Waals surface area contributed by atoms with Crippen molar-refractivity contribution in [2.75, 3.05) is 19.7 Å². The summed E-state index contributed by atoms with van der Waals surface area (Å²) in [6.45, 7) is 9.06. The van der Waals surface area contributed by atoms with E-state index in [9.17, 15) is 18.0 Å². The molecule has 0 radical (unpaired) electrons. The van der Waals surface area contributed by atoms with Gasteiger partial charge in [0, 0.05) is 19.2 Å². The SMILES string of the molecule is CC(C)CN(CC(C)C)C(=O)COC(=O)/C=C/c1ccc(S(=O)(=O)NCc2ccco2)cc1. The molecule has 180 valence electrons. The first-order chi connectivity index (χ1) is 15.6. The predicted octanol–water partition coefficient (Wildman–Crippen LogP) is 3.46. The highest BCUT2D eigenvalue weighted by Crippen LogP contribution is 2.13. The molecule has 0 aliphatic heterocycles. The van der Waals surface area contributed by atoms with Gasteiger partial charge in [-0.3, -0.25) is 4.79 Å². The highest BCUT2D eigenvalue weighted by Gasteiger charge is 2.17. The summed E-state index contributed by atoms with van der Waals surface area (Å²) in [5, 5.41) is 0. The lowest BCUT2D eigenvalue weighted by molar-refractivity contribution is -0.148. The molecule has 9 heteroatoms. The van der Waals surface area contributed by atoms with E-state index in [0.29, 0.717) is 36.2 Å². The zero-order chi connectivity index (χ0) is 24.4. The van der Waals surface area contributed by atoms with Crippen LogP contribution >= 0.6 is 0 Å². The minimum atomic E-state index is -3.70. The number of carbonyl (C=O) groups is 2. The normalized spacial score (nSPS) is 11.9. The van der Waals surface area contributed by atoms with Crippen LogP contribution in [0.25, 0.3) is 6.08 Å². The zero-order valence-corrected chi connectivity index (χ0v) is 20.3. The van der Waals surface area contributed by atoms with E-state index in [1.807, 2.05) is 27.7 Å². The van der Waals surface area contributed by atoms with E-state index in [0.717, 1.165) is 0 Å². The molecule has 0 saturated carbocycles. The van der Waals surface area contributed by atoms with Gasteiger partial charge in [-0.1, -0.05) is 39.8 Å². The molecule has 0 saturated heterocycles. The van der Waals surface area contributed by atoms with Crippen molar-refractivity contribution >= 4 is 28.0 Å². The maximum atomic E-state index is 12.4. The average molecular weight is 477 g/mol. The first-order valence-electron chi connectivity index (χ1n) is 10.8. The van der Waals surface area contributed by atoms with Crippen LogP contribution in [-0.4, -0.2) is 44.9 Å². The number of furan rings is 1. The van der Waals surface area contributed by atoms with Crippen molar-refractivity contribution in [3.8, 4) is 0 Å². The number of benzene rings is 1. The smallest absolute Gasteiger partial charge is 0.331 e. The van der Waals surface area contributed by atoms with Gasteiger partial charge in [-0.15, -0.1) is 0 Å². The van der Waals surface area contributed by atoms with E-state index in [1.54, 1.807) is 29.2 Å². The number of esters is 1. The fraction of sp³-hybridized carbons (Fsp3) is 0.417. The molecule has 33 heavy (non-hydrogen) atoms. The van der Waals surface area contributed by atoms with Gasteiger partial charge < -0.3 is 14.1 Å². The van der Waals surface area contributed by atoms with E-state index in [-0.39, 0.29) is 24.0 Å². The average Bonchev–Trinajstić information content (AvgIpc) is 3.27. The molecule has 2 rings (SSSR count). The van der Waals surface area contributed by atoms with Crippen LogP contribution in [0.2, 0.25) is 0 Å². The van der Waals surface area contributed by atoms with Crippen LogP contribution in [0.4, 0.5) is 0 Å². The molecule has 0 aliphatic rings. The molecule has 0 atom stereocenters. The number of hydrogen-bond donors (Lipinski definition) is 1. The molecule has 1 N–H and O–H groups in total. The van der Waals surface area contributed by atoms with Gasteiger partial charge in [0.2, 0.25) is 10.0 Å². The lowest BCUT2D eigenvalue weighted by atomic mass is 10.1. The van der Waals surface area contributed by atoms with Crippen LogP contribution in [-0.2, 0) is 30.9 Å².